The van der Waals surface area contributed by atoms with Crippen LogP contribution < -0.4 is 0 Å². The smallest absolute Gasteiger partial charge is 0.228 e. The fourth-order valence-electron chi connectivity index (χ4n) is 1.65. The molecule has 0 aliphatic heterocycles. The van der Waals surface area contributed by atoms with Gasteiger partial charge in [0.25, 0.3) is 0 Å². The van der Waals surface area contributed by atoms with Crippen LogP contribution in [0.5, 0.6) is 0 Å². The lowest BCUT2D eigenvalue weighted by atomic mass is 10.1. The third kappa shape index (κ3) is 2.65. The summed E-state index contributed by atoms with van der Waals surface area (Å²) in [4.78, 5) is 16.4. The van der Waals surface area contributed by atoms with E-state index in [1.165, 1.54) is 0 Å². The topological polar surface area (TPSA) is 44.1 Å². The van der Waals surface area contributed by atoms with Crippen molar-refractivity contribution >= 4 is 5.78 Å². The predicted molar refractivity (Wildman–Crippen MR) is 68.5 cm³/mol. The van der Waals surface area contributed by atoms with Gasteiger partial charge in [-0.25, -0.2) is 4.98 Å². The summed E-state index contributed by atoms with van der Waals surface area (Å²) in [5.74, 6) is 0.326. The Bertz CT molecular complexity index is 529. The first-order valence-corrected chi connectivity index (χ1v) is 5.92. The van der Waals surface area contributed by atoms with E-state index < -0.39 is 0 Å². The number of aromatic nitrogens is 2. The van der Waals surface area contributed by atoms with Crippen molar-refractivity contribution in [2.45, 2.75) is 20.6 Å². The van der Waals surface area contributed by atoms with Crippen LogP contribution in [0.25, 0.3) is 0 Å². The number of aryl methyl sites for hydroxylation is 1. The highest BCUT2D eigenvalue weighted by atomic mass is 16.5. The standard InChI is InChI=1S/C14H16N2O2/c1-3-18-10-16-9-8-15-14(16)13(17)12-6-4-11(2)5-7-12/h4-9H,3,10H2,1-2H3. The maximum Gasteiger partial charge on any atom is 0.228 e. The van der Waals surface area contributed by atoms with Gasteiger partial charge in [0, 0.05) is 24.6 Å². The molecular formula is C14H16N2O2. The lowest BCUT2D eigenvalue weighted by Gasteiger charge is -2.07. The molecule has 0 atom stereocenters. The second-order valence-electron chi connectivity index (χ2n) is 4.04. The van der Waals surface area contributed by atoms with Gasteiger partial charge in [-0.3, -0.25) is 4.79 Å². The number of rotatable bonds is 5. The van der Waals surface area contributed by atoms with Gasteiger partial charge in [0.15, 0.2) is 5.82 Å². The van der Waals surface area contributed by atoms with Crippen molar-refractivity contribution < 1.29 is 9.53 Å². The Labute approximate surface area is 106 Å². The van der Waals surface area contributed by atoms with E-state index in [0.29, 0.717) is 24.7 Å². The third-order valence-electron chi connectivity index (χ3n) is 2.67. The van der Waals surface area contributed by atoms with E-state index in [4.69, 9.17) is 4.74 Å². The van der Waals surface area contributed by atoms with Crippen LogP contribution in [0.3, 0.4) is 0 Å². The number of carbonyl (C=O) groups is 1. The SMILES string of the molecule is CCOCn1ccnc1C(=O)c1ccc(C)cc1. The molecule has 94 valence electrons. The molecule has 0 aliphatic rings. The molecule has 0 amide bonds. The number of hydrogen-bond acceptors (Lipinski definition) is 3. The van der Waals surface area contributed by atoms with Crippen LogP contribution in [-0.4, -0.2) is 21.9 Å². The highest BCUT2D eigenvalue weighted by Crippen LogP contribution is 2.10. The van der Waals surface area contributed by atoms with Crippen molar-refractivity contribution in [3.05, 3.63) is 53.6 Å². The quantitative estimate of drug-likeness (QED) is 0.759. The molecule has 0 aliphatic carbocycles. The molecule has 1 heterocycles. The molecule has 0 bridgehead atoms. The van der Waals surface area contributed by atoms with Gasteiger partial charge in [-0.1, -0.05) is 29.8 Å². The number of ether oxygens (including phenoxy) is 1. The fourth-order valence-corrected chi connectivity index (χ4v) is 1.65. The minimum absolute atomic E-state index is 0.0836. The molecule has 1 aromatic carbocycles. The molecule has 0 unspecified atom stereocenters. The van der Waals surface area contributed by atoms with Gasteiger partial charge in [-0.2, -0.15) is 0 Å². The normalized spacial score (nSPS) is 10.6. The molecule has 0 radical (unpaired) electrons. The maximum absolute atomic E-state index is 12.3. The number of imidazole rings is 1. The molecule has 18 heavy (non-hydrogen) atoms. The summed E-state index contributed by atoms with van der Waals surface area (Å²) in [5.41, 5.74) is 1.77. The van der Waals surface area contributed by atoms with Crippen LogP contribution in [0.15, 0.2) is 36.7 Å². The van der Waals surface area contributed by atoms with Gasteiger partial charge in [-0.15, -0.1) is 0 Å². The van der Waals surface area contributed by atoms with E-state index in [1.54, 1.807) is 17.0 Å². The molecule has 0 saturated heterocycles. The van der Waals surface area contributed by atoms with E-state index in [9.17, 15) is 4.79 Å². The van der Waals surface area contributed by atoms with E-state index in [0.717, 1.165) is 5.56 Å². The molecule has 4 nitrogen and oxygen atoms in total. The fraction of sp³-hybridized carbons (Fsp3) is 0.286. The monoisotopic (exact) mass is 244 g/mol. The molecular weight excluding hydrogens is 228 g/mol. The molecule has 0 N–H and O–H groups in total. The lowest BCUT2D eigenvalue weighted by Crippen LogP contribution is -2.12. The van der Waals surface area contributed by atoms with Crippen LogP contribution in [0.1, 0.15) is 28.7 Å². The van der Waals surface area contributed by atoms with Crippen molar-refractivity contribution in [1.82, 2.24) is 9.55 Å². The molecule has 0 spiro atoms. The van der Waals surface area contributed by atoms with Crippen LogP contribution in [0.2, 0.25) is 0 Å². The summed E-state index contributed by atoms with van der Waals surface area (Å²) in [5, 5.41) is 0. The Morgan fingerprint density at radius 2 is 2.06 bits per heavy atom. The molecule has 0 fully saturated rings. The third-order valence-corrected chi connectivity index (χ3v) is 2.67. The first-order valence-electron chi connectivity index (χ1n) is 5.92. The first kappa shape index (κ1) is 12.5. The number of benzene rings is 1. The Hall–Kier alpha value is -1.94. The Balaban J connectivity index is 2.23. The summed E-state index contributed by atoms with van der Waals surface area (Å²) in [6.45, 7) is 4.86. The molecule has 2 rings (SSSR count). The van der Waals surface area contributed by atoms with Crippen LogP contribution in [-0.2, 0) is 11.5 Å². The van der Waals surface area contributed by atoms with E-state index in [-0.39, 0.29) is 5.78 Å². The average Bonchev–Trinajstić information content (AvgIpc) is 2.84. The Morgan fingerprint density at radius 1 is 1.33 bits per heavy atom. The van der Waals surface area contributed by atoms with E-state index in [2.05, 4.69) is 4.98 Å². The number of hydrogen-bond donors (Lipinski definition) is 0. The van der Waals surface area contributed by atoms with Gasteiger partial charge in [0.2, 0.25) is 5.78 Å². The minimum Gasteiger partial charge on any atom is -0.361 e. The van der Waals surface area contributed by atoms with E-state index in [1.807, 2.05) is 38.1 Å². The van der Waals surface area contributed by atoms with Crippen molar-refractivity contribution in [2.24, 2.45) is 0 Å². The average molecular weight is 244 g/mol. The van der Waals surface area contributed by atoms with Gasteiger partial charge in [-0.05, 0) is 13.8 Å². The minimum atomic E-state index is -0.0836. The van der Waals surface area contributed by atoms with Crippen LogP contribution in [0.4, 0.5) is 0 Å². The molecule has 4 heteroatoms. The highest BCUT2D eigenvalue weighted by Gasteiger charge is 2.14. The second kappa shape index (κ2) is 5.60. The number of ketones is 1. The summed E-state index contributed by atoms with van der Waals surface area (Å²) >= 11 is 0. The highest BCUT2D eigenvalue weighted by molar-refractivity contribution is 6.06. The zero-order valence-corrected chi connectivity index (χ0v) is 10.6. The van der Waals surface area contributed by atoms with Crippen molar-refractivity contribution in [3.63, 3.8) is 0 Å². The molecule has 2 aromatic rings. The van der Waals surface area contributed by atoms with Crippen molar-refractivity contribution in [2.75, 3.05) is 6.61 Å². The zero-order valence-electron chi connectivity index (χ0n) is 10.6. The van der Waals surface area contributed by atoms with Gasteiger partial charge >= 0.3 is 0 Å². The Kier molecular flexibility index (Phi) is 3.89. The van der Waals surface area contributed by atoms with Gasteiger partial charge in [0.05, 0.1) is 0 Å². The number of nitrogens with zero attached hydrogens (tertiary/aromatic N) is 2. The summed E-state index contributed by atoms with van der Waals surface area (Å²) in [7, 11) is 0. The van der Waals surface area contributed by atoms with Crippen molar-refractivity contribution in [1.29, 1.82) is 0 Å². The van der Waals surface area contributed by atoms with E-state index >= 15 is 0 Å². The summed E-state index contributed by atoms with van der Waals surface area (Å²) < 4.78 is 7.01. The predicted octanol–water partition coefficient (Wildman–Crippen LogP) is 2.42. The van der Waals surface area contributed by atoms with Crippen molar-refractivity contribution in [3.8, 4) is 0 Å². The Morgan fingerprint density at radius 3 is 2.72 bits per heavy atom. The van der Waals surface area contributed by atoms with Gasteiger partial charge < -0.3 is 9.30 Å². The maximum atomic E-state index is 12.3. The van der Waals surface area contributed by atoms with Crippen LogP contribution in [0, 0.1) is 6.92 Å². The lowest BCUT2D eigenvalue weighted by molar-refractivity contribution is 0.0817. The van der Waals surface area contributed by atoms with Gasteiger partial charge in [0.1, 0.15) is 6.73 Å². The second-order valence-corrected chi connectivity index (χ2v) is 4.04. The summed E-state index contributed by atoms with van der Waals surface area (Å²) in [6, 6.07) is 7.47. The largest absolute Gasteiger partial charge is 0.361 e. The zero-order chi connectivity index (χ0) is 13.0. The molecule has 0 saturated carbocycles. The summed E-state index contributed by atoms with van der Waals surface area (Å²) in [6.07, 6.45) is 3.36. The number of carbonyl (C=O) groups excluding carboxylic acids is 1. The first-order chi connectivity index (χ1) is 8.72. The molecule has 1 aromatic heterocycles. The van der Waals surface area contributed by atoms with Crippen LogP contribution >= 0.6 is 0 Å².